The van der Waals surface area contributed by atoms with Crippen molar-refractivity contribution >= 4 is 11.6 Å². The Labute approximate surface area is 116 Å². The molecule has 0 radical (unpaired) electrons. The number of benzene rings is 1. The highest BCUT2D eigenvalue weighted by molar-refractivity contribution is 6.30. The molecule has 2 N–H and O–H groups in total. The molecule has 0 aliphatic heterocycles. The molecule has 1 atom stereocenters. The number of aryl methyl sites for hydroxylation is 2. The molecule has 0 bridgehead atoms. The predicted molar refractivity (Wildman–Crippen MR) is 73.5 cm³/mol. The van der Waals surface area contributed by atoms with Crippen LogP contribution in [0.15, 0.2) is 24.3 Å². The molecule has 1 aromatic carbocycles. The van der Waals surface area contributed by atoms with Gasteiger partial charge in [-0.1, -0.05) is 11.6 Å². The Morgan fingerprint density at radius 2 is 2.00 bits per heavy atom. The van der Waals surface area contributed by atoms with Crippen LogP contribution < -0.4 is 5.73 Å². The van der Waals surface area contributed by atoms with E-state index in [4.69, 9.17) is 17.3 Å². The number of nitrogens with two attached hydrogens (primary N) is 1. The van der Waals surface area contributed by atoms with Gasteiger partial charge in [-0.05, 0) is 55.7 Å². The maximum atomic E-state index is 13.7. The van der Waals surface area contributed by atoms with Crippen molar-refractivity contribution in [2.24, 2.45) is 5.73 Å². The second kappa shape index (κ2) is 5.63. The van der Waals surface area contributed by atoms with Crippen LogP contribution in [0.25, 0.3) is 0 Å². The van der Waals surface area contributed by atoms with Gasteiger partial charge in [-0.25, -0.2) is 4.39 Å². The first-order valence-corrected chi connectivity index (χ1v) is 6.35. The summed E-state index contributed by atoms with van der Waals surface area (Å²) in [6.45, 7) is 3.69. The van der Waals surface area contributed by atoms with Crippen molar-refractivity contribution in [3.05, 3.63) is 57.6 Å². The van der Waals surface area contributed by atoms with E-state index in [1.54, 1.807) is 6.07 Å². The van der Waals surface area contributed by atoms with Crippen LogP contribution in [-0.2, 0) is 6.42 Å². The fourth-order valence-electron chi connectivity index (χ4n) is 1.99. The van der Waals surface area contributed by atoms with Gasteiger partial charge >= 0.3 is 0 Å². The average molecular weight is 280 g/mol. The minimum absolute atomic E-state index is 0.295. The SMILES string of the molecule is Cc1cc(C(N)Cc2cc(Cl)ccc2F)c(C)nn1. The van der Waals surface area contributed by atoms with Crippen LogP contribution in [0, 0.1) is 19.7 Å². The van der Waals surface area contributed by atoms with Crippen LogP contribution in [-0.4, -0.2) is 10.2 Å². The van der Waals surface area contributed by atoms with Crippen molar-refractivity contribution in [1.29, 1.82) is 0 Å². The van der Waals surface area contributed by atoms with Gasteiger partial charge in [0.25, 0.3) is 0 Å². The van der Waals surface area contributed by atoms with Crippen molar-refractivity contribution in [2.45, 2.75) is 26.3 Å². The Morgan fingerprint density at radius 3 is 2.74 bits per heavy atom. The highest BCUT2D eigenvalue weighted by Crippen LogP contribution is 2.22. The third kappa shape index (κ3) is 3.28. The maximum absolute atomic E-state index is 13.7. The van der Waals surface area contributed by atoms with Gasteiger partial charge in [-0.15, -0.1) is 0 Å². The molecule has 0 amide bonds. The molecule has 0 saturated carbocycles. The Bertz CT molecular complexity index is 601. The van der Waals surface area contributed by atoms with Gasteiger partial charge in [0.1, 0.15) is 5.82 Å². The summed E-state index contributed by atoms with van der Waals surface area (Å²) in [5, 5.41) is 8.50. The molecule has 0 fully saturated rings. The van der Waals surface area contributed by atoms with Crippen LogP contribution in [0.3, 0.4) is 0 Å². The molecule has 5 heteroatoms. The number of hydrogen-bond acceptors (Lipinski definition) is 3. The van der Waals surface area contributed by atoms with Crippen molar-refractivity contribution in [1.82, 2.24) is 10.2 Å². The molecular weight excluding hydrogens is 265 g/mol. The van der Waals surface area contributed by atoms with Crippen LogP contribution >= 0.6 is 11.6 Å². The third-order valence-electron chi connectivity index (χ3n) is 2.99. The number of rotatable bonds is 3. The van der Waals surface area contributed by atoms with E-state index in [2.05, 4.69) is 10.2 Å². The van der Waals surface area contributed by atoms with Gasteiger partial charge in [-0.2, -0.15) is 10.2 Å². The highest BCUT2D eigenvalue weighted by Gasteiger charge is 2.14. The maximum Gasteiger partial charge on any atom is 0.126 e. The summed E-state index contributed by atoms with van der Waals surface area (Å²) in [5.41, 5.74) is 9.09. The molecule has 100 valence electrons. The van der Waals surface area contributed by atoms with Crippen molar-refractivity contribution in [3.8, 4) is 0 Å². The lowest BCUT2D eigenvalue weighted by Crippen LogP contribution is -2.17. The Hall–Kier alpha value is -1.52. The van der Waals surface area contributed by atoms with Crippen molar-refractivity contribution in [3.63, 3.8) is 0 Å². The zero-order valence-corrected chi connectivity index (χ0v) is 11.6. The average Bonchev–Trinajstić information content (AvgIpc) is 2.36. The van der Waals surface area contributed by atoms with E-state index < -0.39 is 0 Å². The Morgan fingerprint density at radius 1 is 1.26 bits per heavy atom. The quantitative estimate of drug-likeness (QED) is 0.939. The molecule has 1 aromatic heterocycles. The van der Waals surface area contributed by atoms with E-state index in [9.17, 15) is 4.39 Å². The van der Waals surface area contributed by atoms with Gasteiger partial charge in [0.2, 0.25) is 0 Å². The fraction of sp³-hybridized carbons (Fsp3) is 0.286. The summed E-state index contributed by atoms with van der Waals surface area (Å²) in [6.07, 6.45) is 0.373. The normalized spacial score (nSPS) is 12.5. The molecule has 0 aliphatic carbocycles. The van der Waals surface area contributed by atoms with Gasteiger partial charge in [0.05, 0.1) is 11.4 Å². The number of hydrogen-bond donors (Lipinski definition) is 1. The molecule has 0 spiro atoms. The molecule has 19 heavy (non-hydrogen) atoms. The minimum atomic E-state index is -0.331. The Balaban J connectivity index is 2.27. The largest absolute Gasteiger partial charge is 0.324 e. The highest BCUT2D eigenvalue weighted by atomic mass is 35.5. The molecule has 2 rings (SSSR count). The summed E-state index contributed by atoms with van der Waals surface area (Å²) in [7, 11) is 0. The molecule has 0 aliphatic rings. The van der Waals surface area contributed by atoms with E-state index in [-0.39, 0.29) is 11.9 Å². The van der Waals surface area contributed by atoms with Crippen LogP contribution in [0.2, 0.25) is 5.02 Å². The zero-order chi connectivity index (χ0) is 14.0. The first-order chi connectivity index (χ1) is 8.97. The topological polar surface area (TPSA) is 51.8 Å². The van der Waals surface area contributed by atoms with E-state index in [0.29, 0.717) is 17.0 Å². The first-order valence-electron chi connectivity index (χ1n) is 5.97. The van der Waals surface area contributed by atoms with E-state index >= 15 is 0 Å². The number of nitrogens with zero attached hydrogens (tertiary/aromatic N) is 2. The lowest BCUT2D eigenvalue weighted by molar-refractivity contribution is 0.591. The van der Waals surface area contributed by atoms with Gasteiger partial charge < -0.3 is 5.73 Å². The smallest absolute Gasteiger partial charge is 0.126 e. The fourth-order valence-corrected chi connectivity index (χ4v) is 2.19. The molecule has 1 heterocycles. The molecule has 2 aromatic rings. The van der Waals surface area contributed by atoms with Crippen molar-refractivity contribution in [2.75, 3.05) is 0 Å². The summed E-state index contributed by atoms with van der Waals surface area (Å²) in [4.78, 5) is 0. The minimum Gasteiger partial charge on any atom is -0.324 e. The summed E-state index contributed by atoms with van der Waals surface area (Å²) in [6, 6.07) is 6.04. The predicted octanol–water partition coefficient (Wildman–Crippen LogP) is 3.13. The van der Waals surface area contributed by atoms with E-state index in [1.165, 1.54) is 12.1 Å². The Kier molecular flexibility index (Phi) is 4.12. The molecule has 0 saturated heterocycles. The van der Waals surface area contributed by atoms with Crippen LogP contribution in [0.5, 0.6) is 0 Å². The zero-order valence-electron chi connectivity index (χ0n) is 10.8. The number of halogens is 2. The molecule has 3 nitrogen and oxygen atoms in total. The number of aromatic nitrogens is 2. The lowest BCUT2D eigenvalue weighted by atomic mass is 9.98. The van der Waals surface area contributed by atoms with Gasteiger partial charge in [-0.3, -0.25) is 0 Å². The molecular formula is C14H15ClFN3. The first kappa shape index (κ1) is 13.9. The summed E-state index contributed by atoms with van der Waals surface area (Å²) in [5.74, 6) is -0.295. The van der Waals surface area contributed by atoms with Crippen molar-refractivity contribution < 1.29 is 4.39 Å². The summed E-state index contributed by atoms with van der Waals surface area (Å²) < 4.78 is 13.7. The van der Waals surface area contributed by atoms with E-state index in [1.807, 2.05) is 19.9 Å². The lowest BCUT2D eigenvalue weighted by Gasteiger charge is -2.15. The second-order valence-electron chi connectivity index (χ2n) is 4.57. The van der Waals surface area contributed by atoms with Crippen LogP contribution in [0.4, 0.5) is 4.39 Å². The summed E-state index contributed by atoms with van der Waals surface area (Å²) >= 11 is 5.87. The van der Waals surface area contributed by atoms with Crippen LogP contribution in [0.1, 0.15) is 28.6 Å². The third-order valence-corrected chi connectivity index (χ3v) is 3.22. The van der Waals surface area contributed by atoms with Gasteiger partial charge in [0.15, 0.2) is 0 Å². The molecule has 1 unspecified atom stereocenters. The van der Waals surface area contributed by atoms with Gasteiger partial charge in [0, 0.05) is 11.1 Å². The second-order valence-corrected chi connectivity index (χ2v) is 5.01. The standard InChI is InChI=1S/C14H15ClFN3/c1-8-5-12(9(2)19-18-8)14(17)7-10-6-11(15)3-4-13(10)16/h3-6,14H,7,17H2,1-2H3. The van der Waals surface area contributed by atoms with E-state index in [0.717, 1.165) is 17.0 Å². The monoisotopic (exact) mass is 279 g/mol.